The van der Waals surface area contributed by atoms with Crippen LogP contribution in [0.2, 0.25) is 0 Å². The van der Waals surface area contributed by atoms with Gasteiger partial charge in [0.2, 0.25) is 0 Å². The number of aromatic nitrogens is 2. The van der Waals surface area contributed by atoms with E-state index in [-0.39, 0.29) is 23.0 Å². The molecule has 1 amide bonds. The average Bonchev–Trinajstić information content (AvgIpc) is 2.97. The van der Waals surface area contributed by atoms with Gasteiger partial charge in [-0.3, -0.25) is 4.79 Å². The van der Waals surface area contributed by atoms with Crippen LogP contribution in [0.3, 0.4) is 0 Å². The number of hydrogen-bond acceptors (Lipinski definition) is 4. The fraction of sp³-hybridized carbons (Fsp3) is 0. The van der Waals surface area contributed by atoms with Crippen LogP contribution in [0.5, 0.6) is 0 Å². The van der Waals surface area contributed by atoms with E-state index in [4.69, 9.17) is 4.42 Å². The van der Waals surface area contributed by atoms with Gasteiger partial charge in [0.15, 0.2) is 0 Å². The maximum Gasteiger partial charge on any atom is 0.313 e. The van der Waals surface area contributed by atoms with Gasteiger partial charge in [-0.05, 0) is 30.3 Å². The van der Waals surface area contributed by atoms with Gasteiger partial charge in [0, 0.05) is 5.69 Å². The second-order valence-electron chi connectivity index (χ2n) is 4.36. The Kier molecular flexibility index (Phi) is 3.61. The number of nitrogens with zero attached hydrogens (tertiary/aromatic N) is 2. The molecule has 0 aliphatic carbocycles. The van der Waals surface area contributed by atoms with Gasteiger partial charge >= 0.3 is 11.8 Å². The molecule has 2 aromatic carbocycles. The van der Waals surface area contributed by atoms with Gasteiger partial charge in [0.05, 0.1) is 5.56 Å². The van der Waals surface area contributed by atoms with Crippen LogP contribution in [-0.4, -0.2) is 16.1 Å². The molecule has 0 saturated carbocycles. The van der Waals surface area contributed by atoms with Crippen LogP contribution in [0.1, 0.15) is 10.7 Å². The molecule has 110 valence electrons. The Morgan fingerprint density at radius 1 is 1.05 bits per heavy atom. The largest absolute Gasteiger partial charge is 0.412 e. The lowest BCUT2D eigenvalue weighted by Gasteiger charge is -2.01. The van der Waals surface area contributed by atoms with E-state index < -0.39 is 17.5 Å². The third kappa shape index (κ3) is 2.83. The van der Waals surface area contributed by atoms with Crippen LogP contribution >= 0.6 is 0 Å². The van der Waals surface area contributed by atoms with Gasteiger partial charge in [0.25, 0.3) is 5.89 Å². The fourth-order valence-corrected chi connectivity index (χ4v) is 1.81. The first-order valence-electron chi connectivity index (χ1n) is 6.29. The highest BCUT2D eigenvalue weighted by molar-refractivity contribution is 6.00. The first kappa shape index (κ1) is 13.9. The minimum absolute atomic E-state index is 0.0970. The summed E-state index contributed by atoms with van der Waals surface area (Å²) < 4.78 is 31.8. The number of halogens is 2. The number of rotatable bonds is 3. The molecule has 0 atom stereocenters. The molecule has 5 nitrogen and oxygen atoms in total. The molecular weight excluding hydrogens is 292 g/mol. The molecule has 1 heterocycles. The number of hydrogen-bond donors (Lipinski definition) is 1. The van der Waals surface area contributed by atoms with E-state index in [1.807, 2.05) is 0 Å². The highest BCUT2D eigenvalue weighted by atomic mass is 19.1. The molecular formula is C15H9F2N3O2. The van der Waals surface area contributed by atoms with Gasteiger partial charge in [-0.15, -0.1) is 10.2 Å². The lowest BCUT2D eigenvalue weighted by Crippen LogP contribution is -2.12. The minimum Gasteiger partial charge on any atom is -0.412 e. The van der Waals surface area contributed by atoms with Crippen molar-refractivity contribution in [3.8, 4) is 11.5 Å². The van der Waals surface area contributed by atoms with E-state index in [1.165, 1.54) is 36.4 Å². The molecule has 0 saturated heterocycles. The van der Waals surface area contributed by atoms with Crippen molar-refractivity contribution >= 4 is 11.6 Å². The zero-order chi connectivity index (χ0) is 15.5. The molecule has 0 unspecified atom stereocenters. The van der Waals surface area contributed by atoms with Crippen molar-refractivity contribution in [3.05, 3.63) is 66.1 Å². The Morgan fingerprint density at radius 3 is 2.64 bits per heavy atom. The van der Waals surface area contributed by atoms with E-state index in [0.717, 1.165) is 6.07 Å². The summed E-state index contributed by atoms with van der Waals surface area (Å²) in [6, 6.07) is 11.2. The van der Waals surface area contributed by atoms with Crippen molar-refractivity contribution in [2.75, 3.05) is 5.32 Å². The number of nitrogens with one attached hydrogen (secondary N) is 1. The summed E-state index contributed by atoms with van der Waals surface area (Å²) in [7, 11) is 0. The van der Waals surface area contributed by atoms with E-state index in [9.17, 15) is 13.6 Å². The number of anilines is 1. The van der Waals surface area contributed by atoms with Gasteiger partial charge in [0.1, 0.15) is 11.6 Å². The summed E-state index contributed by atoms with van der Waals surface area (Å²) in [6.45, 7) is 0. The molecule has 0 spiro atoms. The second kappa shape index (κ2) is 5.72. The smallest absolute Gasteiger partial charge is 0.313 e. The maximum atomic E-state index is 13.6. The predicted molar refractivity (Wildman–Crippen MR) is 74.0 cm³/mol. The summed E-state index contributed by atoms with van der Waals surface area (Å²) in [5.74, 6) is -2.19. The average molecular weight is 301 g/mol. The standard InChI is InChI=1S/C15H9F2N3O2/c16-9-4-3-5-10(8-9)18-13(21)15-20-19-14(22-15)11-6-1-2-7-12(11)17/h1-8H,(H,18,21). The number of amides is 1. The third-order valence-corrected chi connectivity index (χ3v) is 2.81. The Balaban J connectivity index is 1.82. The summed E-state index contributed by atoms with van der Waals surface area (Å²) >= 11 is 0. The van der Waals surface area contributed by atoms with Gasteiger partial charge < -0.3 is 9.73 Å². The van der Waals surface area contributed by atoms with Crippen molar-refractivity contribution in [2.24, 2.45) is 0 Å². The van der Waals surface area contributed by atoms with Crippen LogP contribution in [-0.2, 0) is 0 Å². The summed E-state index contributed by atoms with van der Waals surface area (Å²) in [5.41, 5.74) is 0.343. The zero-order valence-electron chi connectivity index (χ0n) is 11.1. The molecule has 3 rings (SSSR count). The topological polar surface area (TPSA) is 68.0 Å². The second-order valence-corrected chi connectivity index (χ2v) is 4.36. The van der Waals surface area contributed by atoms with Crippen molar-refractivity contribution in [3.63, 3.8) is 0 Å². The Hall–Kier alpha value is -3.09. The monoisotopic (exact) mass is 301 g/mol. The number of benzene rings is 2. The van der Waals surface area contributed by atoms with Gasteiger partial charge in [-0.2, -0.15) is 0 Å². The summed E-state index contributed by atoms with van der Waals surface area (Å²) in [6.07, 6.45) is 0. The first-order chi connectivity index (χ1) is 10.6. The Bertz CT molecular complexity index is 833. The van der Waals surface area contributed by atoms with Crippen LogP contribution in [0.4, 0.5) is 14.5 Å². The van der Waals surface area contributed by atoms with Crippen LogP contribution in [0, 0.1) is 11.6 Å². The van der Waals surface area contributed by atoms with Crippen molar-refractivity contribution in [2.45, 2.75) is 0 Å². The molecule has 0 bridgehead atoms. The molecule has 0 aliphatic rings. The minimum atomic E-state index is -0.708. The molecule has 1 aromatic heterocycles. The fourth-order valence-electron chi connectivity index (χ4n) is 1.81. The lowest BCUT2D eigenvalue weighted by molar-refractivity contribution is 0.0991. The predicted octanol–water partition coefficient (Wildman–Crippen LogP) is 3.27. The van der Waals surface area contributed by atoms with E-state index in [2.05, 4.69) is 15.5 Å². The van der Waals surface area contributed by atoms with Crippen molar-refractivity contribution in [1.29, 1.82) is 0 Å². The quantitative estimate of drug-likeness (QED) is 0.806. The molecule has 22 heavy (non-hydrogen) atoms. The highest BCUT2D eigenvalue weighted by Gasteiger charge is 2.18. The summed E-state index contributed by atoms with van der Waals surface area (Å²) in [4.78, 5) is 11.9. The summed E-state index contributed by atoms with van der Waals surface area (Å²) in [5, 5.41) is 9.61. The molecule has 1 N–H and O–H groups in total. The first-order valence-corrected chi connectivity index (χ1v) is 6.29. The van der Waals surface area contributed by atoms with Crippen LogP contribution in [0.25, 0.3) is 11.5 Å². The number of carbonyl (C=O) groups excluding carboxylic acids is 1. The van der Waals surface area contributed by atoms with E-state index in [1.54, 1.807) is 6.07 Å². The van der Waals surface area contributed by atoms with Crippen LogP contribution in [0.15, 0.2) is 52.9 Å². The van der Waals surface area contributed by atoms with Gasteiger partial charge in [-0.25, -0.2) is 8.78 Å². The van der Waals surface area contributed by atoms with E-state index in [0.29, 0.717) is 0 Å². The Morgan fingerprint density at radius 2 is 1.86 bits per heavy atom. The van der Waals surface area contributed by atoms with Crippen molar-refractivity contribution in [1.82, 2.24) is 10.2 Å². The molecule has 0 radical (unpaired) electrons. The maximum absolute atomic E-state index is 13.6. The molecule has 7 heteroatoms. The molecule has 3 aromatic rings. The number of carbonyl (C=O) groups is 1. The Labute approximate surface area is 123 Å². The highest BCUT2D eigenvalue weighted by Crippen LogP contribution is 2.21. The molecule has 0 fully saturated rings. The van der Waals surface area contributed by atoms with Crippen LogP contribution < -0.4 is 5.32 Å². The van der Waals surface area contributed by atoms with Crippen molar-refractivity contribution < 1.29 is 18.0 Å². The molecule has 0 aliphatic heterocycles. The van der Waals surface area contributed by atoms with E-state index >= 15 is 0 Å². The zero-order valence-corrected chi connectivity index (χ0v) is 11.1. The van der Waals surface area contributed by atoms with Gasteiger partial charge in [-0.1, -0.05) is 18.2 Å². The lowest BCUT2D eigenvalue weighted by atomic mass is 10.2. The normalized spacial score (nSPS) is 10.5. The SMILES string of the molecule is O=C(Nc1cccc(F)c1)c1nnc(-c2ccccc2F)o1. The third-order valence-electron chi connectivity index (χ3n) is 2.81.